The van der Waals surface area contributed by atoms with Crippen molar-refractivity contribution in [2.45, 2.75) is 6.04 Å². The monoisotopic (exact) mass is 532 g/mol. The van der Waals surface area contributed by atoms with Crippen LogP contribution < -0.4 is 14.5 Å². The second-order valence-electron chi connectivity index (χ2n) is 8.22. The molecular weight excluding hydrogens is 513 g/mol. The van der Waals surface area contributed by atoms with E-state index in [4.69, 9.17) is 27.9 Å². The molecule has 1 atom stereocenters. The molecule has 3 aromatic rings. The van der Waals surface area contributed by atoms with Crippen molar-refractivity contribution in [2.75, 3.05) is 31.0 Å². The minimum atomic E-state index is -1.20. The molecule has 36 heavy (non-hydrogen) atoms. The van der Waals surface area contributed by atoms with Crippen LogP contribution in [-0.2, 0) is 9.59 Å². The van der Waals surface area contributed by atoms with E-state index in [1.54, 1.807) is 24.3 Å². The van der Waals surface area contributed by atoms with Crippen LogP contribution in [0.15, 0.2) is 60.2 Å². The first-order valence-electron chi connectivity index (χ1n) is 10.6. The van der Waals surface area contributed by atoms with Crippen molar-refractivity contribution in [2.24, 2.45) is 0 Å². The van der Waals surface area contributed by atoms with Crippen LogP contribution in [0.25, 0.3) is 5.76 Å². The average Bonchev–Trinajstić information content (AvgIpc) is 3.10. The molecule has 0 radical (unpaired) electrons. The number of amides is 1. The molecule has 1 aliphatic heterocycles. The lowest BCUT2D eigenvalue weighted by Gasteiger charge is -2.26. The summed E-state index contributed by atoms with van der Waals surface area (Å²) in [6, 6.07) is 11.3. The lowest BCUT2D eigenvalue weighted by Crippen LogP contribution is -2.29. The van der Waals surface area contributed by atoms with E-state index in [9.17, 15) is 23.5 Å². The summed E-state index contributed by atoms with van der Waals surface area (Å²) in [5, 5.41) is 11.6. The summed E-state index contributed by atoms with van der Waals surface area (Å²) in [6.45, 7) is 0. The highest BCUT2D eigenvalue weighted by Gasteiger charge is 2.47. The summed E-state index contributed by atoms with van der Waals surface area (Å²) in [5.74, 6) is -4.91. The number of Topliss-reactive ketones (excluding diaryl/α,β-unsaturated/α-hetero) is 1. The molecule has 1 amide bonds. The van der Waals surface area contributed by atoms with E-state index >= 15 is 0 Å². The molecule has 0 saturated carbocycles. The minimum absolute atomic E-state index is 0.00630. The van der Waals surface area contributed by atoms with Crippen molar-refractivity contribution in [1.29, 1.82) is 0 Å². The third-order valence-corrected chi connectivity index (χ3v) is 6.32. The molecule has 1 fully saturated rings. The SMILES string of the molecule is COc1c(Cl)cc(Cl)cc1/C(O)=C1\C(=O)C(=O)N(c2ccc(F)c(F)c2)C1c1ccc(N(C)C)cc1. The molecule has 6 nitrogen and oxygen atoms in total. The largest absolute Gasteiger partial charge is 0.507 e. The van der Waals surface area contributed by atoms with E-state index in [0.717, 1.165) is 22.7 Å². The second kappa shape index (κ2) is 9.79. The smallest absolute Gasteiger partial charge is 0.300 e. The Morgan fingerprint density at radius 2 is 1.67 bits per heavy atom. The molecule has 0 spiro atoms. The summed E-state index contributed by atoms with van der Waals surface area (Å²) in [4.78, 5) is 29.4. The van der Waals surface area contributed by atoms with Gasteiger partial charge in [-0.25, -0.2) is 8.78 Å². The van der Waals surface area contributed by atoms with Gasteiger partial charge in [-0.3, -0.25) is 14.5 Å². The Morgan fingerprint density at radius 1 is 1.00 bits per heavy atom. The molecular formula is C26H20Cl2F2N2O4. The van der Waals surface area contributed by atoms with Crippen molar-refractivity contribution < 1.29 is 28.2 Å². The van der Waals surface area contributed by atoms with Crippen LogP contribution >= 0.6 is 23.2 Å². The number of ketones is 1. The summed E-state index contributed by atoms with van der Waals surface area (Å²) < 4.78 is 33.1. The zero-order chi connectivity index (χ0) is 26.3. The number of benzene rings is 3. The van der Waals surface area contributed by atoms with Crippen LogP contribution in [0.1, 0.15) is 17.2 Å². The Balaban J connectivity index is 2.00. The second-order valence-corrected chi connectivity index (χ2v) is 9.07. The van der Waals surface area contributed by atoms with E-state index in [-0.39, 0.29) is 32.6 Å². The number of methoxy groups -OCH3 is 1. The molecule has 0 aliphatic carbocycles. The molecule has 1 aliphatic rings. The number of aliphatic hydroxyl groups is 1. The minimum Gasteiger partial charge on any atom is -0.507 e. The average molecular weight is 533 g/mol. The number of hydrogen-bond acceptors (Lipinski definition) is 5. The van der Waals surface area contributed by atoms with E-state index < -0.39 is 35.1 Å². The van der Waals surface area contributed by atoms with Gasteiger partial charge in [0, 0.05) is 36.6 Å². The summed E-state index contributed by atoms with van der Waals surface area (Å²) in [7, 11) is 5.01. The Hall–Kier alpha value is -3.62. The predicted octanol–water partition coefficient (Wildman–Crippen LogP) is 5.97. The van der Waals surface area contributed by atoms with Gasteiger partial charge in [0.05, 0.1) is 29.3 Å². The predicted molar refractivity (Wildman–Crippen MR) is 135 cm³/mol. The quantitative estimate of drug-likeness (QED) is 0.249. The number of carbonyl (C=O) groups is 2. The molecule has 1 N–H and O–H groups in total. The third-order valence-electron chi connectivity index (χ3n) is 5.82. The Bertz CT molecular complexity index is 1410. The van der Waals surface area contributed by atoms with E-state index in [0.29, 0.717) is 5.56 Å². The van der Waals surface area contributed by atoms with Crippen LogP contribution in [0.5, 0.6) is 5.75 Å². The summed E-state index contributed by atoms with van der Waals surface area (Å²) in [5.41, 5.74) is 0.921. The van der Waals surface area contributed by atoms with Gasteiger partial charge in [0.1, 0.15) is 11.5 Å². The maximum absolute atomic E-state index is 14.1. The van der Waals surface area contributed by atoms with Crippen LogP contribution in [0, 0.1) is 11.6 Å². The van der Waals surface area contributed by atoms with Crippen molar-refractivity contribution in [3.63, 3.8) is 0 Å². The van der Waals surface area contributed by atoms with E-state index in [1.165, 1.54) is 25.3 Å². The van der Waals surface area contributed by atoms with Gasteiger partial charge in [-0.15, -0.1) is 0 Å². The maximum Gasteiger partial charge on any atom is 0.300 e. The molecule has 186 valence electrons. The summed E-state index contributed by atoms with van der Waals surface area (Å²) in [6.07, 6.45) is 0. The lowest BCUT2D eigenvalue weighted by atomic mass is 9.94. The normalized spacial score (nSPS) is 17.0. The molecule has 1 saturated heterocycles. The van der Waals surface area contributed by atoms with Gasteiger partial charge in [0.25, 0.3) is 11.7 Å². The first kappa shape index (κ1) is 25.5. The van der Waals surface area contributed by atoms with Crippen LogP contribution in [-0.4, -0.2) is 38.0 Å². The van der Waals surface area contributed by atoms with Crippen LogP contribution in [0.4, 0.5) is 20.2 Å². The highest BCUT2D eigenvalue weighted by atomic mass is 35.5. The van der Waals surface area contributed by atoms with Gasteiger partial charge in [-0.1, -0.05) is 35.3 Å². The molecule has 10 heteroatoms. The fraction of sp³-hybridized carbons (Fsp3) is 0.154. The molecule has 0 aromatic heterocycles. The fourth-order valence-corrected chi connectivity index (χ4v) is 4.66. The maximum atomic E-state index is 14.1. The number of nitrogens with zero attached hydrogens (tertiary/aromatic N) is 2. The standard InChI is InChI=1S/C26H20Cl2F2N2O4/c1-31(2)15-6-4-13(5-7-15)22-21(23(33)17-10-14(27)11-18(28)25(17)36-3)24(34)26(35)32(22)16-8-9-19(29)20(30)12-16/h4-12,22,33H,1-3H3/b23-21+. The van der Waals surface area contributed by atoms with Gasteiger partial charge >= 0.3 is 0 Å². The molecule has 1 unspecified atom stereocenters. The fourth-order valence-electron chi connectivity index (χ4n) is 4.09. The first-order chi connectivity index (χ1) is 17.0. The van der Waals surface area contributed by atoms with Gasteiger partial charge in [-0.2, -0.15) is 0 Å². The molecule has 1 heterocycles. The van der Waals surface area contributed by atoms with E-state index in [1.807, 2.05) is 19.0 Å². The molecule has 4 rings (SSSR count). The van der Waals surface area contributed by atoms with E-state index in [2.05, 4.69) is 0 Å². The number of rotatable bonds is 5. The highest BCUT2D eigenvalue weighted by Crippen LogP contribution is 2.45. The number of aliphatic hydroxyl groups excluding tert-OH is 1. The van der Waals surface area contributed by atoms with Crippen molar-refractivity contribution >= 4 is 52.0 Å². The van der Waals surface area contributed by atoms with Crippen LogP contribution in [0.2, 0.25) is 10.0 Å². The van der Waals surface area contributed by atoms with Crippen molar-refractivity contribution in [1.82, 2.24) is 0 Å². The number of carbonyl (C=O) groups excluding carboxylic acids is 2. The molecule has 3 aromatic carbocycles. The van der Waals surface area contributed by atoms with Gasteiger partial charge < -0.3 is 14.7 Å². The van der Waals surface area contributed by atoms with Gasteiger partial charge in [0.2, 0.25) is 0 Å². The number of anilines is 2. The third kappa shape index (κ3) is 4.38. The highest BCUT2D eigenvalue weighted by molar-refractivity contribution is 6.52. The summed E-state index contributed by atoms with van der Waals surface area (Å²) >= 11 is 12.4. The molecule has 0 bridgehead atoms. The van der Waals surface area contributed by atoms with Crippen molar-refractivity contribution in [3.05, 3.63) is 93.0 Å². The zero-order valence-corrected chi connectivity index (χ0v) is 20.9. The number of halogens is 4. The van der Waals surface area contributed by atoms with Crippen LogP contribution in [0.3, 0.4) is 0 Å². The first-order valence-corrected chi connectivity index (χ1v) is 11.4. The topological polar surface area (TPSA) is 70.1 Å². The van der Waals surface area contributed by atoms with Crippen molar-refractivity contribution in [3.8, 4) is 5.75 Å². The van der Waals surface area contributed by atoms with Gasteiger partial charge in [0.15, 0.2) is 11.6 Å². The number of hydrogen-bond donors (Lipinski definition) is 1. The Kier molecular flexibility index (Phi) is 6.93. The Labute approximate surface area is 215 Å². The van der Waals surface area contributed by atoms with Gasteiger partial charge in [-0.05, 0) is 42.0 Å². The Morgan fingerprint density at radius 3 is 2.25 bits per heavy atom. The zero-order valence-electron chi connectivity index (χ0n) is 19.4. The lowest BCUT2D eigenvalue weighted by molar-refractivity contribution is -0.132. The number of ether oxygens (including phenoxy) is 1.